The molecule has 90 valence electrons. The lowest BCUT2D eigenvalue weighted by molar-refractivity contribution is -0.205. The van der Waals surface area contributed by atoms with Crippen molar-refractivity contribution in [2.24, 2.45) is 0 Å². The highest BCUT2D eigenvalue weighted by atomic mass is 31.2. The maximum Gasteiger partial charge on any atom is 0.143 e. The Bertz CT molecular complexity index is 320. The van der Waals surface area contributed by atoms with Gasteiger partial charge >= 0.3 is 0 Å². The van der Waals surface area contributed by atoms with E-state index in [0.29, 0.717) is 0 Å². The van der Waals surface area contributed by atoms with Crippen LogP contribution in [0, 0.1) is 0 Å². The Kier molecular flexibility index (Phi) is 3.20. The molecule has 2 unspecified atom stereocenters. The monoisotopic (exact) mass is 247 g/mol. The van der Waals surface area contributed by atoms with E-state index in [1.54, 1.807) is 0 Å². The summed E-state index contributed by atoms with van der Waals surface area (Å²) in [7, 11) is 3.30. The minimum absolute atomic E-state index is 0.182. The first-order chi connectivity index (χ1) is 7.38. The van der Waals surface area contributed by atoms with E-state index in [1.807, 2.05) is 0 Å². The highest BCUT2D eigenvalue weighted by Gasteiger charge is 2.61. The molecular formula is C8H13BO6P-. The number of rotatable bonds is 4. The number of fused-ring (bicyclic) bond motifs is 2. The molecule has 6 nitrogen and oxygen atoms in total. The molecule has 2 rings (SSSR count). The van der Waals surface area contributed by atoms with E-state index in [-0.39, 0.29) is 13.2 Å². The van der Waals surface area contributed by atoms with Crippen LogP contribution in [0.2, 0.25) is 0 Å². The van der Waals surface area contributed by atoms with Gasteiger partial charge in [-0.2, -0.15) is 0 Å². The molecule has 16 heavy (non-hydrogen) atoms. The minimum atomic E-state index is -3.86. The van der Waals surface area contributed by atoms with Crippen LogP contribution in [0.25, 0.3) is 0 Å². The SMILES string of the molecule is [B][C@@H]1O[C@@]2(COC)COC1[C@H]2OP(C)(=O)[O-]. The molecule has 0 saturated carbocycles. The maximum atomic E-state index is 11.2. The predicted molar refractivity (Wildman–Crippen MR) is 53.4 cm³/mol. The summed E-state index contributed by atoms with van der Waals surface area (Å²) in [6, 6.07) is -0.680. The van der Waals surface area contributed by atoms with E-state index in [0.717, 1.165) is 6.66 Å². The second-order valence-electron chi connectivity index (χ2n) is 4.15. The molecule has 2 bridgehead atoms. The van der Waals surface area contributed by atoms with Crippen LogP contribution in [0.3, 0.4) is 0 Å². The first-order valence-corrected chi connectivity index (χ1v) is 6.88. The zero-order valence-electron chi connectivity index (χ0n) is 9.12. The summed E-state index contributed by atoms with van der Waals surface area (Å²) in [5.41, 5.74) is -0.908. The van der Waals surface area contributed by atoms with Crippen LogP contribution in [0.5, 0.6) is 0 Å². The molecule has 2 saturated heterocycles. The van der Waals surface area contributed by atoms with Gasteiger partial charge in [-0.05, 0) is 0 Å². The average Bonchev–Trinajstić information content (AvgIpc) is 2.54. The molecule has 8 heteroatoms. The molecule has 0 aromatic carbocycles. The fourth-order valence-electron chi connectivity index (χ4n) is 2.18. The topological polar surface area (TPSA) is 77.0 Å². The second kappa shape index (κ2) is 4.08. The van der Waals surface area contributed by atoms with Gasteiger partial charge in [0.1, 0.15) is 33.3 Å². The summed E-state index contributed by atoms with van der Waals surface area (Å²) in [5.74, 6) is 0. The van der Waals surface area contributed by atoms with Crippen LogP contribution in [0.15, 0.2) is 0 Å². The molecule has 2 heterocycles. The van der Waals surface area contributed by atoms with Crippen molar-refractivity contribution in [3.8, 4) is 0 Å². The molecule has 0 aromatic rings. The summed E-state index contributed by atoms with van der Waals surface area (Å²) in [6.45, 7) is 1.42. The normalized spacial score (nSPS) is 45.8. The lowest BCUT2D eigenvalue weighted by Crippen LogP contribution is -2.46. The molecule has 0 spiro atoms. The molecule has 0 aliphatic carbocycles. The van der Waals surface area contributed by atoms with E-state index < -0.39 is 31.4 Å². The molecule has 0 amide bonds. The van der Waals surface area contributed by atoms with Gasteiger partial charge in [0.05, 0.1) is 13.2 Å². The van der Waals surface area contributed by atoms with Gasteiger partial charge in [-0.25, -0.2) is 0 Å². The summed E-state index contributed by atoms with van der Waals surface area (Å²) in [5, 5.41) is 0. The van der Waals surface area contributed by atoms with Gasteiger partial charge in [0, 0.05) is 19.8 Å². The van der Waals surface area contributed by atoms with Crippen LogP contribution >= 0.6 is 7.60 Å². The van der Waals surface area contributed by atoms with E-state index in [4.69, 9.17) is 26.6 Å². The van der Waals surface area contributed by atoms with Crippen LogP contribution < -0.4 is 4.89 Å². The maximum absolute atomic E-state index is 11.2. The van der Waals surface area contributed by atoms with Crippen molar-refractivity contribution in [3.05, 3.63) is 0 Å². The van der Waals surface area contributed by atoms with Gasteiger partial charge in [0.25, 0.3) is 0 Å². The summed E-state index contributed by atoms with van der Waals surface area (Å²) >= 11 is 0. The van der Waals surface area contributed by atoms with E-state index in [2.05, 4.69) is 0 Å². The first-order valence-electron chi connectivity index (χ1n) is 4.89. The van der Waals surface area contributed by atoms with E-state index in [1.165, 1.54) is 7.11 Å². The third-order valence-electron chi connectivity index (χ3n) is 2.73. The Morgan fingerprint density at radius 3 is 2.88 bits per heavy atom. The van der Waals surface area contributed by atoms with Crippen molar-refractivity contribution in [3.63, 3.8) is 0 Å². The van der Waals surface area contributed by atoms with Gasteiger partial charge < -0.3 is 28.2 Å². The average molecular weight is 247 g/mol. The van der Waals surface area contributed by atoms with Crippen molar-refractivity contribution in [1.82, 2.24) is 0 Å². The van der Waals surface area contributed by atoms with Crippen LogP contribution in [-0.2, 0) is 23.3 Å². The van der Waals surface area contributed by atoms with Crippen molar-refractivity contribution in [1.29, 1.82) is 0 Å². The fourth-order valence-corrected chi connectivity index (χ4v) is 2.90. The van der Waals surface area contributed by atoms with E-state index in [9.17, 15) is 9.46 Å². The molecule has 2 aliphatic heterocycles. The highest BCUT2D eigenvalue weighted by Crippen LogP contribution is 2.47. The Labute approximate surface area is 95.1 Å². The lowest BCUT2D eigenvalue weighted by atomic mass is 9.92. The van der Waals surface area contributed by atoms with Gasteiger partial charge in [-0.3, -0.25) is 0 Å². The molecular weight excluding hydrogens is 234 g/mol. The van der Waals surface area contributed by atoms with Crippen LogP contribution in [-0.4, -0.2) is 58.6 Å². The number of ether oxygens (including phenoxy) is 3. The standard InChI is InChI=1S/C8H14BO6P/c1-12-3-8-4-13-5(7(9)14-8)6(8)15-16(2,10)11/h5-7H,3-4H2,1-2H3,(H,10,11)/p-1/t5?,6-,7-,8+/m1/s1. The molecule has 0 N–H and O–H groups in total. The minimum Gasteiger partial charge on any atom is -0.779 e. The van der Waals surface area contributed by atoms with Gasteiger partial charge in [0.15, 0.2) is 0 Å². The quantitative estimate of drug-likeness (QED) is 0.461. The number of methoxy groups -OCH3 is 1. The zero-order chi connectivity index (χ0) is 12.0. The van der Waals surface area contributed by atoms with Crippen molar-refractivity contribution in [2.75, 3.05) is 27.0 Å². The second-order valence-corrected chi connectivity index (χ2v) is 5.91. The third-order valence-corrected chi connectivity index (χ3v) is 3.34. The molecule has 2 aliphatic rings. The highest BCUT2D eigenvalue weighted by molar-refractivity contribution is 7.50. The van der Waals surface area contributed by atoms with E-state index >= 15 is 0 Å². The van der Waals surface area contributed by atoms with Gasteiger partial charge in [0.2, 0.25) is 0 Å². The number of hydrogen-bond acceptors (Lipinski definition) is 6. The molecule has 2 radical (unpaired) electrons. The number of hydrogen-bond donors (Lipinski definition) is 0. The lowest BCUT2D eigenvalue weighted by Gasteiger charge is -2.32. The largest absolute Gasteiger partial charge is 0.779 e. The Hall–Kier alpha value is 0.0949. The van der Waals surface area contributed by atoms with Crippen molar-refractivity contribution in [2.45, 2.75) is 23.8 Å². The third kappa shape index (κ3) is 2.08. The summed E-state index contributed by atoms with van der Waals surface area (Å²) < 4.78 is 32.0. The fraction of sp³-hybridized carbons (Fsp3) is 1.00. The van der Waals surface area contributed by atoms with Crippen molar-refractivity contribution >= 4 is 15.4 Å². The Morgan fingerprint density at radius 1 is 1.69 bits per heavy atom. The molecule has 2 fully saturated rings. The Morgan fingerprint density at radius 2 is 2.38 bits per heavy atom. The summed E-state index contributed by atoms with van der Waals surface area (Å²) in [4.78, 5) is 11.2. The molecule has 5 atom stereocenters. The predicted octanol–water partition coefficient (Wildman–Crippen LogP) is -1.14. The first kappa shape index (κ1) is 12.5. The van der Waals surface area contributed by atoms with Crippen LogP contribution in [0.1, 0.15) is 0 Å². The zero-order valence-corrected chi connectivity index (χ0v) is 10.0. The summed E-state index contributed by atoms with van der Waals surface area (Å²) in [6.07, 6.45) is -1.28. The Balaban J connectivity index is 2.19. The smallest absolute Gasteiger partial charge is 0.143 e. The van der Waals surface area contributed by atoms with Crippen LogP contribution in [0.4, 0.5) is 0 Å². The van der Waals surface area contributed by atoms with Gasteiger partial charge in [-0.15, -0.1) is 0 Å². The molecule has 0 aromatic heterocycles. The van der Waals surface area contributed by atoms with Crippen molar-refractivity contribution < 1.29 is 28.2 Å². The van der Waals surface area contributed by atoms with Gasteiger partial charge in [-0.1, -0.05) is 0 Å².